The van der Waals surface area contributed by atoms with E-state index >= 15 is 4.39 Å². The zero-order valence-corrected chi connectivity index (χ0v) is 23.0. The van der Waals surface area contributed by atoms with Gasteiger partial charge in [0.15, 0.2) is 0 Å². The highest BCUT2D eigenvalue weighted by molar-refractivity contribution is 6.12. The van der Waals surface area contributed by atoms with Gasteiger partial charge in [0.05, 0.1) is 34.9 Å². The first-order valence-electron chi connectivity index (χ1n) is 13.3. The number of rotatable bonds is 7. The van der Waals surface area contributed by atoms with Gasteiger partial charge in [-0.3, -0.25) is 9.59 Å². The largest absolute Gasteiger partial charge is 0.496 e. The van der Waals surface area contributed by atoms with E-state index in [2.05, 4.69) is 20.8 Å². The molecule has 2 heterocycles. The van der Waals surface area contributed by atoms with E-state index in [1.165, 1.54) is 38.4 Å². The van der Waals surface area contributed by atoms with Crippen molar-refractivity contribution >= 4 is 22.8 Å². The van der Waals surface area contributed by atoms with Crippen LogP contribution in [-0.2, 0) is 5.54 Å². The molecule has 212 valence electrons. The number of carbonyl (C=O) groups is 2. The van der Waals surface area contributed by atoms with Gasteiger partial charge in [0, 0.05) is 24.4 Å². The Morgan fingerprint density at radius 2 is 1.76 bits per heavy atom. The number of methoxy groups -OCH3 is 1. The number of carbonyl (C=O) groups excluding carboxylic acids is 2. The van der Waals surface area contributed by atoms with E-state index in [0.717, 1.165) is 0 Å². The van der Waals surface area contributed by atoms with Crippen molar-refractivity contribution in [2.45, 2.75) is 25.3 Å². The number of furan rings is 1. The highest BCUT2D eigenvalue weighted by Gasteiger charge is 2.47. The second-order valence-corrected chi connectivity index (χ2v) is 10.2. The number of ether oxygens (including phenoxy) is 1. The molecule has 6 rings (SSSR count). The zero-order chi connectivity index (χ0) is 29.6. The molecule has 2 amide bonds. The van der Waals surface area contributed by atoms with Crippen LogP contribution >= 0.6 is 0 Å². The van der Waals surface area contributed by atoms with Crippen LogP contribution in [0.25, 0.3) is 33.4 Å². The van der Waals surface area contributed by atoms with Gasteiger partial charge in [0.25, 0.3) is 11.8 Å². The number of halogens is 2. The van der Waals surface area contributed by atoms with E-state index in [4.69, 9.17) is 9.15 Å². The van der Waals surface area contributed by atoms with Gasteiger partial charge in [-0.25, -0.2) is 8.78 Å². The van der Waals surface area contributed by atoms with E-state index in [1.54, 1.807) is 43.5 Å². The van der Waals surface area contributed by atoms with Gasteiger partial charge in [-0.2, -0.15) is 10.2 Å². The SMILES string of the molecule is CNC(=O)c1c(-c2ccc(F)cc2)oc2ccc(-c3cc(C(=O)NC4(c5cccnn5)CC4)c(OC)cc3C)c(F)c12. The van der Waals surface area contributed by atoms with E-state index in [9.17, 15) is 14.0 Å². The molecular weight excluding hydrogens is 542 g/mol. The molecule has 0 unspecified atom stereocenters. The van der Waals surface area contributed by atoms with Crippen LogP contribution in [0.2, 0.25) is 0 Å². The van der Waals surface area contributed by atoms with Gasteiger partial charge in [-0.1, -0.05) is 0 Å². The minimum absolute atomic E-state index is 0.0118. The van der Waals surface area contributed by atoms with Crippen molar-refractivity contribution < 1.29 is 27.5 Å². The third kappa shape index (κ3) is 4.54. The molecule has 0 aliphatic heterocycles. The van der Waals surface area contributed by atoms with Crippen LogP contribution in [0.4, 0.5) is 8.78 Å². The van der Waals surface area contributed by atoms with Crippen LogP contribution < -0.4 is 15.4 Å². The first-order valence-corrected chi connectivity index (χ1v) is 13.3. The fraction of sp³-hybridized carbons (Fsp3) is 0.188. The molecule has 0 spiro atoms. The van der Waals surface area contributed by atoms with Crippen LogP contribution in [0, 0.1) is 18.6 Å². The van der Waals surface area contributed by atoms with E-state index in [1.807, 2.05) is 6.07 Å². The lowest BCUT2D eigenvalue weighted by atomic mass is 9.94. The van der Waals surface area contributed by atoms with Crippen molar-refractivity contribution in [2.75, 3.05) is 14.2 Å². The Morgan fingerprint density at radius 1 is 1.00 bits per heavy atom. The molecule has 1 aliphatic carbocycles. The molecule has 8 nitrogen and oxygen atoms in total. The number of aromatic nitrogens is 2. The van der Waals surface area contributed by atoms with Crippen LogP contribution in [-0.4, -0.2) is 36.2 Å². The summed E-state index contributed by atoms with van der Waals surface area (Å²) >= 11 is 0. The summed E-state index contributed by atoms with van der Waals surface area (Å²) in [6.45, 7) is 1.78. The van der Waals surface area contributed by atoms with Crippen LogP contribution in [0.3, 0.4) is 0 Å². The fourth-order valence-electron chi connectivity index (χ4n) is 5.23. The summed E-state index contributed by atoms with van der Waals surface area (Å²) in [6, 6.07) is 15.4. The summed E-state index contributed by atoms with van der Waals surface area (Å²) < 4.78 is 41.5. The molecular formula is C32H26F2N4O4. The molecule has 0 bridgehead atoms. The highest BCUT2D eigenvalue weighted by Crippen LogP contribution is 2.45. The van der Waals surface area contributed by atoms with Crippen LogP contribution in [0.5, 0.6) is 5.75 Å². The van der Waals surface area contributed by atoms with Crippen LogP contribution in [0.1, 0.15) is 44.8 Å². The van der Waals surface area contributed by atoms with E-state index in [-0.39, 0.29) is 33.4 Å². The number of aryl methyl sites for hydroxylation is 1. The molecule has 0 atom stereocenters. The van der Waals surface area contributed by atoms with Gasteiger partial charge >= 0.3 is 0 Å². The summed E-state index contributed by atoms with van der Waals surface area (Å²) in [5, 5.41) is 13.7. The van der Waals surface area contributed by atoms with E-state index < -0.39 is 29.0 Å². The van der Waals surface area contributed by atoms with Crippen LogP contribution in [0.15, 0.2) is 71.3 Å². The monoisotopic (exact) mass is 568 g/mol. The van der Waals surface area contributed by atoms with Crippen molar-refractivity contribution in [2.24, 2.45) is 0 Å². The topological polar surface area (TPSA) is 106 Å². The molecule has 10 heteroatoms. The first-order chi connectivity index (χ1) is 20.3. The Bertz CT molecular complexity index is 1850. The van der Waals surface area contributed by atoms with Crippen molar-refractivity contribution in [3.63, 3.8) is 0 Å². The lowest BCUT2D eigenvalue weighted by Crippen LogP contribution is -2.35. The van der Waals surface area contributed by atoms with Crippen molar-refractivity contribution in [3.05, 3.63) is 101 Å². The second kappa shape index (κ2) is 10.4. The first kappa shape index (κ1) is 27.1. The minimum atomic E-state index is -0.693. The van der Waals surface area contributed by atoms with Gasteiger partial charge in [0.1, 0.15) is 28.7 Å². The number of fused-ring (bicyclic) bond motifs is 1. The number of hydrogen-bond donors (Lipinski definition) is 2. The van der Waals surface area contributed by atoms with Crippen molar-refractivity contribution in [1.82, 2.24) is 20.8 Å². The fourth-order valence-corrected chi connectivity index (χ4v) is 5.23. The number of hydrogen-bond acceptors (Lipinski definition) is 6. The highest BCUT2D eigenvalue weighted by atomic mass is 19.1. The summed E-state index contributed by atoms with van der Waals surface area (Å²) in [7, 11) is 2.90. The molecule has 1 fully saturated rings. The quantitative estimate of drug-likeness (QED) is 0.252. The van der Waals surface area contributed by atoms with Gasteiger partial charge in [0.2, 0.25) is 0 Å². The molecule has 42 heavy (non-hydrogen) atoms. The lowest BCUT2D eigenvalue weighted by Gasteiger charge is -2.19. The van der Waals surface area contributed by atoms with Gasteiger partial charge in [-0.05, 0) is 91.6 Å². The molecule has 5 aromatic rings. The Labute approximate surface area is 239 Å². The molecule has 1 saturated carbocycles. The van der Waals surface area contributed by atoms with E-state index in [0.29, 0.717) is 41.0 Å². The van der Waals surface area contributed by atoms with Gasteiger partial charge in [-0.15, -0.1) is 0 Å². The Balaban J connectivity index is 1.47. The molecule has 2 aromatic heterocycles. The Hall–Kier alpha value is -5.12. The maximum atomic E-state index is 16.5. The van der Waals surface area contributed by atoms with Gasteiger partial charge < -0.3 is 19.8 Å². The second-order valence-electron chi connectivity index (χ2n) is 10.2. The summed E-state index contributed by atoms with van der Waals surface area (Å²) in [6.07, 6.45) is 2.99. The molecule has 0 radical (unpaired) electrons. The summed E-state index contributed by atoms with van der Waals surface area (Å²) in [4.78, 5) is 26.6. The average Bonchev–Trinajstić information content (AvgIpc) is 3.68. The number of nitrogens with zero attached hydrogens (tertiary/aromatic N) is 2. The third-order valence-corrected chi connectivity index (χ3v) is 7.60. The molecule has 0 saturated heterocycles. The Morgan fingerprint density at radius 3 is 2.40 bits per heavy atom. The number of nitrogens with one attached hydrogen (secondary N) is 2. The normalized spacial score (nSPS) is 13.5. The van der Waals surface area contributed by atoms with Crippen molar-refractivity contribution in [1.29, 1.82) is 0 Å². The maximum Gasteiger partial charge on any atom is 0.255 e. The van der Waals surface area contributed by atoms with Crippen molar-refractivity contribution in [3.8, 4) is 28.2 Å². The Kier molecular flexibility index (Phi) is 6.68. The maximum absolute atomic E-state index is 16.5. The summed E-state index contributed by atoms with van der Waals surface area (Å²) in [5.74, 6) is -1.66. The smallest absolute Gasteiger partial charge is 0.255 e. The molecule has 3 aromatic carbocycles. The molecule has 1 aliphatic rings. The average molecular weight is 569 g/mol. The number of benzene rings is 3. The third-order valence-electron chi connectivity index (χ3n) is 7.60. The minimum Gasteiger partial charge on any atom is -0.496 e. The standard InChI is InChI=1S/C32H26F2N4O4/c1-17-15-24(41-3)22(30(39)37-32(12-13-32)25-5-4-14-36-38-25)16-21(17)20-10-11-23-26(28(20)34)27(31(40)35-2)29(42-23)18-6-8-19(33)9-7-18/h4-11,14-16H,12-13H2,1-3H3,(H,35,40)(H,37,39). The lowest BCUT2D eigenvalue weighted by molar-refractivity contribution is 0.0924. The zero-order valence-electron chi connectivity index (χ0n) is 23.0. The predicted molar refractivity (Wildman–Crippen MR) is 152 cm³/mol. The molecule has 2 N–H and O–H groups in total. The predicted octanol–water partition coefficient (Wildman–Crippen LogP) is 5.93. The summed E-state index contributed by atoms with van der Waals surface area (Å²) in [5.41, 5.74) is 2.09. The number of amides is 2.